The summed E-state index contributed by atoms with van der Waals surface area (Å²) in [4.78, 5) is 0. The zero-order chi connectivity index (χ0) is 13.9. The highest BCUT2D eigenvalue weighted by Crippen LogP contribution is 2.38. The second-order valence-electron chi connectivity index (χ2n) is 4.94. The summed E-state index contributed by atoms with van der Waals surface area (Å²) >= 11 is 0. The van der Waals surface area contributed by atoms with E-state index in [0.29, 0.717) is 12.0 Å². The molecule has 0 radical (unpaired) electrons. The monoisotopic (exact) mass is 273 g/mol. The number of hydrogen-bond donors (Lipinski definition) is 1. The lowest BCUT2D eigenvalue weighted by Gasteiger charge is -2.36. The normalized spacial score (nSPS) is 22.9. The largest absolute Gasteiger partial charge is 0.573 e. The average molecular weight is 273 g/mol. The molecule has 2 rings (SSSR count). The minimum atomic E-state index is -4.62. The smallest absolute Gasteiger partial charge is 0.406 e. The fourth-order valence-electron chi connectivity index (χ4n) is 2.37. The Labute approximate surface area is 111 Å². The van der Waals surface area contributed by atoms with Gasteiger partial charge in [0.1, 0.15) is 5.75 Å². The number of alkyl halides is 3. The van der Waals surface area contributed by atoms with Crippen LogP contribution in [0.25, 0.3) is 0 Å². The van der Waals surface area contributed by atoms with Crippen molar-refractivity contribution in [3.05, 3.63) is 29.8 Å². The van der Waals surface area contributed by atoms with Crippen molar-refractivity contribution in [3.8, 4) is 5.75 Å². The van der Waals surface area contributed by atoms with Crippen molar-refractivity contribution in [3.63, 3.8) is 0 Å². The molecule has 0 atom stereocenters. The molecule has 1 aromatic carbocycles. The van der Waals surface area contributed by atoms with E-state index in [-0.39, 0.29) is 5.75 Å². The maximum Gasteiger partial charge on any atom is 0.573 e. The molecule has 5 heteroatoms. The van der Waals surface area contributed by atoms with E-state index in [2.05, 4.69) is 17.0 Å². The maximum absolute atomic E-state index is 12.1. The van der Waals surface area contributed by atoms with Gasteiger partial charge in [-0.2, -0.15) is 0 Å². The van der Waals surface area contributed by atoms with E-state index in [1.54, 1.807) is 6.07 Å². The van der Waals surface area contributed by atoms with Crippen molar-refractivity contribution in [1.82, 2.24) is 5.32 Å². The Morgan fingerprint density at radius 2 is 2.05 bits per heavy atom. The van der Waals surface area contributed by atoms with E-state index in [1.807, 2.05) is 6.07 Å². The molecular formula is C14H18F3NO. The highest BCUT2D eigenvalue weighted by atomic mass is 19.4. The van der Waals surface area contributed by atoms with E-state index in [0.717, 1.165) is 31.4 Å². The van der Waals surface area contributed by atoms with Gasteiger partial charge in [0, 0.05) is 6.04 Å². The highest BCUT2D eigenvalue weighted by molar-refractivity contribution is 5.32. The second kappa shape index (κ2) is 5.82. The van der Waals surface area contributed by atoms with E-state index < -0.39 is 6.36 Å². The molecule has 0 aliphatic heterocycles. The standard InChI is InChI=1S/C14H18F3NO/c1-2-6-18-12-7-11(8-12)10-4-3-5-13(9-10)19-14(15,16)17/h3-5,9,11-12,18H,2,6-8H2,1H3. The van der Waals surface area contributed by atoms with Crippen LogP contribution >= 0.6 is 0 Å². The topological polar surface area (TPSA) is 21.3 Å². The van der Waals surface area contributed by atoms with Crippen molar-refractivity contribution in [2.45, 2.75) is 44.5 Å². The number of hydrogen-bond acceptors (Lipinski definition) is 2. The molecule has 0 unspecified atom stereocenters. The Morgan fingerprint density at radius 3 is 2.68 bits per heavy atom. The predicted molar refractivity (Wildman–Crippen MR) is 67.2 cm³/mol. The first kappa shape index (κ1) is 14.2. The van der Waals surface area contributed by atoms with Gasteiger partial charge in [-0.3, -0.25) is 0 Å². The van der Waals surface area contributed by atoms with Crippen LogP contribution in [0.15, 0.2) is 24.3 Å². The molecule has 1 aromatic rings. The van der Waals surface area contributed by atoms with E-state index in [1.165, 1.54) is 12.1 Å². The first-order valence-electron chi connectivity index (χ1n) is 6.57. The Kier molecular flexibility index (Phi) is 4.34. The molecule has 19 heavy (non-hydrogen) atoms. The Balaban J connectivity index is 1.90. The lowest BCUT2D eigenvalue weighted by molar-refractivity contribution is -0.274. The van der Waals surface area contributed by atoms with Gasteiger partial charge in [0.2, 0.25) is 0 Å². The van der Waals surface area contributed by atoms with Crippen LogP contribution in [-0.2, 0) is 0 Å². The van der Waals surface area contributed by atoms with Crippen LogP contribution in [0, 0.1) is 0 Å². The maximum atomic E-state index is 12.1. The van der Waals surface area contributed by atoms with Gasteiger partial charge in [-0.05, 0) is 49.4 Å². The third-order valence-corrected chi connectivity index (χ3v) is 3.38. The molecule has 1 N–H and O–H groups in total. The summed E-state index contributed by atoms with van der Waals surface area (Å²) in [6.07, 6.45) is -1.57. The van der Waals surface area contributed by atoms with Crippen LogP contribution in [0.1, 0.15) is 37.7 Å². The predicted octanol–water partition coefficient (Wildman–Crippen LogP) is 3.83. The lowest BCUT2D eigenvalue weighted by Crippen LogP contribution is -2.40. The van der Waals surface area contributed by atoms with Gasteiger partial charge in [-0.1, -0.05) is 19.1 Å². The molecule has 2 nitrogen and oxygen atoms in total. The van der Waals surface area contributed by atoms with Gasteiger partial charge >= 0.3 is 6.36 Å². The molecule has 106 valence electrons. The molecule has 1 saturated carbocycles. The molecule has 1 aliphatic rings. The molecule has 0 spiro atoms. The minimum absolute atomic E-state index is 0.130. The average Bonchev–Trinajstić information content (AvgIpc) is 2.25. The molecular weight excluding hydrogens is 255 g/mol. The number of benzene rings is 1. The van der Waals surface area contributed by atoms with Crippen molar-refractivity contribution in [2.24, 2.45) is 0 Å². The quantitative estimate of drug-likeness (QED) is 0.880. The SMILES string of the molecule is CCCNC1CC(c2cccc(OC(F)(F)F)c2)C1. The highest BCUT2D eigenvalue weighted by Gasteiger charge is 2.33. The first-order chi connectivity index (χ1) is 8.98. The molecule has 0 bridgehead atoms. The molecule has 0 amide bonds. The van der Waals surface area contributed by atoms with E-state index >= 15 is 0 Å². The van der Waals surface area contributed by atoms with Gasteiger partial charge in [0.25, 0.3) is 0 Å². The summed E-state index contributed by atoms with van der Waals surface area (Å²) in [5, 5.41) is 3.41. The van der Waals surface area contributed by atoms with Crippen LogP contribution in [0.5, 0.6) is 5.75 Å². The number of ether oxygens (including phenoxy) is 1. The number of nitrogens with one attached hydrogen (secondary N) is 1. The van der Waals surface area contributed by atoms with Crippen molar-refractivity contribution in [2.75, 3.05) is 6.54 Å². The molecule has 0 heterocycles. The summed E-state index contributed by atoms with van der Waals surface area (Å²) in [7, 11) is 0. The van der Waals surface area contributed by atoms with Crippen LogP contribution in [-0.4, -0.2) is 18.9 Å². The van der Waals surface area contributed by atoms with Crippen molar-refractivity contribution < 1.29 is 17.9 Å². The van der Waals surface area contributed by atoms with E-state index in [4.69, 9.17) is 0 Å². The summed E-state index contributed by atoms with van der Waals surface area (Å²) in [6, 6.07) is 6.81. The number of rotatable bonds is 5. The first-order valence-corrected chi connectivity index (χ1v) is 6.57. The summed E-state index contributed by atoms with van der Waals surface area (Å²) in [5.41, 5.74) is 0.927. The fourth-order valence-corrected chi connectivity index (χ4v) is 2.37. The van der Waals surface area contributed by atoms with Gasteiger partial charge in [-0.15, -0.1) is 13.2 Å². The fraction of sp³-hybridized carbons (Fsp3) is 0.571. The van der Waals surface area contributed by atoms with Gasteiger partial charge in [0.15, 0.2) is 0 Å². The van der Waals surface area contributed by atoms with Gasteiger partial charge in [-0.25, -0.2) is 0 Å². The minimum Gasteiger partial charge on any atom is -0.406 e. The van der Waals surface area contributed by atoms with Crippen LogP contribution in [0.4, 0.5) is 13.2 Å². The third-order valence-electron chi connectivity index (χ3n) is 3.38. The van der Waals surface area contributed by atoms with Crippen molar-refractivity contribution >= 4 is 0 Å². The molecule has 1 aliphatic carbocycles. The summed E-state index contributed by atoms with van der Waals surface area (Å²) < 4.78 is 40.4. The molecule has 1 fully saturated rings. The second-order valence-corrected chi connectivity index (χ2v) is 4.94. The van der Waals surface area contributed by atoms with Crippen LogP contribution < -0.4 is 10.1 Å². The summed E-state index contributed by atoms with van der Waals surface area (Å²) in [5.74, 6) is 0.209. The Morgan fingerprint density at radius 1 is 1.32 bits per heavy atom. The molecule has 0 saturated heterocycles. The zero-order valence-corrected chi connectivity index (χ0v) is 10.8. The van der Waals surface area contributed by atoms with Gasteiger partial charge in [0.05, 0.1) is 0 Å². The third kappa shape index (κ3) is 4.13. The van der Waals surface area contributed by atoms with Gasteiger partial charge < -0.3 is 10.1 Å². The van der Waals surface area contributed by atoms with E-state index in [9.17, 15) is 13.2 Å². The Hall–Kier alpha value is -1.23. The van der Waals surface area contributed by atoms with Crippen molar-refractivity contribution in [1.29, 1.82) is 0 Å². The lowest BCUT2D eigenvalue weighted by atomic mass is 9.76. The number of halogens is 3. The van der Waals surface area contributed by atoms with Crippen LogP contribution in [0.3, 0.4) is 0 Å². The zero-order valence-electron chi connectivity index (χ0n) is 10.8. The molecule has 0 aromatic heterocycles. The Bertz CT molecular complexity index is 413. The van der Waals surface area contributed by atoms with Crippen LogP contribution in [0.2, 0.25) is 0 Å². The summed E-state index contributed by atoms with van der Waals surface area (Å²) in [6.45, 7) is 3.11.